The minimum absolute atomic E-state index is 0.00726. The topological polar surface area (TPSA) is 67.2 Å². The van der Waals surface area contributed by atoms with Crippen LogP contribution in [0.1, 0.15) is 30.0 Å². The Morgan fingerprint density at radius 2 is 2.25 bits per heavy atom. The van der Waals surface area contributed by atoms with Crippen molar-refractivity contribution in [2.45, 2.75) is 26.4 Å². The van der Waals surface area contributed by atoms with Crippen molar-refractivity contribution in [3.8, 4) is 0 Å². The molecule has 0 aromatic carbocycles. The van der Waals surface area contributed by atoms with Gasteiger partial charge in [-0.25, -0.2) is 0 Å². The highest BCUT2D eigenvalue weighted by atomic mass is 16.3. The van der Waals surface area contributed by atoms with Gasteiger partial charge in [0.2, 0.25) is 5.91 Å². The summed E-state index contributed by atoms with van der Waals surface area (Å²) in [7, 11) is 0. The van der Waals surface area contributed by atoms with Crippen LogP contribution in [0.5, 0.6) is 0 Å². The summed E-state index contributed by atoms with van der Waals surface area (Å²) in [6.45, 7) is 4.60. The van der Waals surface area contributed by atoms with Gasteiger partial charge in [-0.15, -0.1) is 0 Å². The largest absolute Gasteiger partial charge is 0.465 e. The predicted octanol–water partition coefficient (Wildman–Crippen LogP) is 1.95. The molecule has 0 fully saturated rings. The predicted molar refractivity (Wildman–Crippen MR) is 75.9 cm³/mol. The van der Waals surface area contributed by atoms with E-state index in [4.69, 9.17) is 4.42 Å². The Kier molecular flexibility index (Phi) is 4.90. The molecule has 2 aromatic rings. The van der Waals surface area contributed by atoms with Crippen molar-refractivity contribution in [2.75, 3.05) is 6.54 Å². The van der Waals surface area contributed by atoms with Crippen LogP contribution in [0.3, 0.4) is 0 Å². The maximum absolute atomic E-state index is 11.7. The Bertz CT molecular complexity index is 551. The summed E-state index contributed by atoms with van der Waals surface area (Å²) in [5, 5.41) is 5.97. The second kappa shape index (κ2) is 6.86. The van der Waals surface area contributed by atoms with Crippen LogP contribution in [0.4, 0.5) is 0 Å². The number of amides is 1. The number of hydrogen-bond acceptors (Lipinski definition) is 4. The van der Waals surface area contributed by atoms with Crippen molar-refractivity contribution in [1.29, 1.82) is 0 Å². The van der Waals surface area contributed by atoms with Gasteiger partial charge in [0.25, 0.3) is 0 Å². The molecule has 2 aromatic heterocycles. The third kappa shape index (κ3) is 4.20. The highest BCUT2D eigenvalue weighted by Gasteiger charge is 2.10. The van der Waals surface area contributed by atoms with Crippen LogP contribution in [-0.2, 0) is 11.3 Å². The lowest BCUT2D eigenvalue weighted by atomic mass is 10.2. The molecular weight excluding hydrogens is 254 g/mol. The molecule has 5 heteroatoms. The lowest BCUT2D eigenvalue weighted by Gasteiger charge is -2.11. The van der Waals surface area contributed by atoms with Crippen molar-refractivity contribution < 1.29 is 9.21 Å². The fraction of sp³-hybridized carbons (Fsp3) is 0.333. The molecule has 0 aliphatic heterocycles. The van der Waals surface area contributed by atoms with Crippen molar-refractivity contribution in [3.05, 3.63) is 53.7 Å². The zero-order chi connectivity index (χ0) is 14.4. The molecule has 0 aliphatic rings. The average molecular weight is 273 g/mol. The van der Waals surface area contributed by atoms with Gasteiger partial charge in [0.15, 0.2) is 0 Å². The second-order valence-electron chi connectivity index (χ2n) is 4.69. The molecule has 1 amide bonds. The van der Waals surface area contributed by atoms with Crippen molar-refractivity contribution >= 4 is 5.91 Å². The first-order chi connectivity index (χ1) is 9.65. The molecule has 20 heavy (non-hydrogen) atoms. The van der Waals surface area contributed by atoms with Gasteiger partial charge in [0, 0.05) is 18.9 Å². The van der Waals surface area contributed by atoms with Crippen LogP contribution in [0.15, 0.2) is 41.1 Å². The number of pyridine rings is 1. The summed E-state index contributed by atoms with van der Waals surface area (Å²) < 4.78 is 5.50. The minimum atomic E-state index is -0.0519. The number of hydrogen-bond donors (Lipinski definition) is 2. The SMILES string of the molecule is Cc1ccc([C@@H](C)NCC(=O)NCc2cccnc2)o1. The highest BCUT2D eigenvalue weighted by Crippen LogP contribution is 2.14. The first-order valence-electron chi connectivity index (χ1n) is 6.60. The second-order valence-corrected chi connectivity index (χ2v) is 4.69. The third-order valence-corrected chi connectivity index (χ3v) is 2.97. The van der Waals surface area contributed by atoms with E-state index >= 15 is 0 Å². The molecule has 1 atom stereocenters. The minimum Gasteiger partial charge on any atom is -0.465 e. The highest BCUT2D eigenvalue weighted by molar-refractivity contribution is 5.78. The van der Waals surface area contributed by atoms with Crippen LogP contribution in [0.25, 0.3) is 0 Å². The first-order valence-corrected chi connectivity index (χ1v) is 6.60. The van der Waals surface area contributed by atoms with E-state index in [-0.39, 0.29) is 18.5 Å². The molecule has 0 saturated carbocycles. The van der Waals surface area contributed by atoms with Gasteiger partial charge in [0.1, 0.15) is 11.5 Å². The van der Waals surface area contributed by atoms with Crippen LogP contribution >= 0.6 is 0 Å². The van der Waals surface area contributed by atoms with E-state index in [0.717, 1.165) is 17.1 Å². The lowest BCUT2D eigenvalue weighted by Crippen LogP contribution is -2.34. The Morgan fingerprint density at radius 3 is 2.90 bits per heavy atom. The Hall–Kier alpha value is -2.14. The quantitative estimate of drug-likeness (QED) is 0.844. The monoisotopic (exact) mass is 273 g/mol. The summed E-state index contributed by atoms with van der Waals surface area (Å²) in [4.78, 5) is 15.7. The van der Waals surface area contributed by atoms with Crippen molar-refractivity contribution in [1.82, 2.24) is 15.6 Å². The molecule has 0 saturated heterocycles. The van der Waals surface area contributed by atoms with Gasteiger partial charge in [-0.2, -0.15) is 0 Å². The number of nitrogens with one attached hydrogen (secondary N) is 2. The van der Waals surface area contributed by atoms with E-state index < -0.39 is 0 Å². The van der Waals surface area contributed by atoms with Gasteiger partial charge in [0.05, 0.1) is 12.6 Å². The summed E-state index contributed by atoms with van der Waals surface area (Å²) in [5.41, 5.74) is 0.982. The molecule has 5 nitrogen and oxygen atoms in total. The summed E-state index contributed by atoms with van der Waals surface area (Å²) in [6, 6.07) is 7.61. The average Bonchev–Trinajstić information content (AvgIpc) is 2.90. The van der Waals surface area contributed by atoms with E-state index in [1.165, 1.54) is 0 Å². The van der Waals surface area contributed by atoms with Crippen molar-refractivity contribution in [3.63, 3.8) is 0 Å². The normalized spacial score (nSPS) is 12.1. The molecule has 2 heterocycles. The fourth-order valence-corrected chi connectivity index (χ4v) is 1.80. The van der Waals surface area contributed by atoms with Crippen LogP contribution in [-0.4, -0.2) is 17.4 Å². The zero-order valence-corrected chi connectivity index (χ0v) is 11.7. The summed E-state index contributed by atoms with van der Waals surface area (Å²) in [5.74, 6) is 1.65. The summed E-state index contributed by atoms with van der Waals surface area (Å²) in [6.07, 6.45) is 3.45. The van der Waals surface area contributed by atoms with Crippen molar-refractivity contribution in [2.24, 2.45) is 0 Å². The molecule has 2 rings (SSSR count). The number of aromatic nitrogens is 1. The van der Waals surface area contributed by atoms with E-state index in [0.29, 0.717) is 6.54 Å². The van der Waals surface area contributed by atoms with Gasteiger partial charge < -0.3 is 9.73 Å². The van der Waals surface area contributed by atoms with E-state index in [2.05, 4.69) is 15.6 Å². The van der Waals surface area contributed by atoms with Crippen LogP contribution < -0.4 is 10.6 Å². The van der Waals surface area contributed by atoms with E-state index in [1.54, 1.807) is 12.4 Å². The van der Waals surface area contributed by atoms with Gasteiger partial charge in [-0.1, -0.05) is 6.07 Å². The van der Waals surface area contributed by atoms with Gasteiger partial charge in [-0.05, 0) is 37.6 Å². The Morgan fingerprint density at radius 1 is 1.40 bits per heavy atom. The number of rotatable bonds is 6. The molecule has 0 aliphatic carbocycles. The molecule has 0 bridgehead atoms. The van der Waals surface area contributed by atoms with Gasteiger partial charge in [-0.3, -0.25) is 15.1 Å². The number of carbonyl (C=O) groups is 1. The zero-order valence-electron chi connectivity index (χ0n) is 11.7. The molecular formula is C15H19N3O2. The van der Waals surface area contributed by atoms with E-state index in [9.17, 15) is 4.79 Å². The standard InChI is InChI=1S/C15H19N3O2/c1-11-5-6-14(20-11)12(2)17-10-15(19)18-9-13-4-3-7-16-8-13/h3-8,12,17H,9-10H2,1-2H3,(H,18,19)/t12-/m1/s1. The van der Waals surface area contributed by atoms with Crippen LogP contribution in [0, 0.1) is 6.92 Å². The third-order valence-electron chi connectivity index (χ3n) is 2.97. The maximum atomic E-state index is 11.7. The molecule has 0 unspecified atom stereocenters. The number of nitrogens with zero attached hydrogens (tertiary/aromatic N) is 1. The number of carbonyl (C=O) groups excluding carboxylic acids is 1. The number of furan rings is 1. The molecule has 0 spiro atoms. The lowest BCUT2D eigenvalue weighted by molar-refractivity contribution is -0.120. The Labute approximate surface area is 118 Å². The summed E-state index contributed by atoms with van der Waals surface area (Å²) >= 11 is 0. The molecule has 106 valence electrons. The maximum Gasteiger partial charge on any atom is 0.234 e. The smallest absolute Gasteiger partial charge is 0.234 e. The van der Waals surface area contributed by atoms with E-state index in [1.807, 2.05) is 38.1 Å². The van der Waals surface area contributed by atoms with Gasteiger partial charge >= 0.3 is 0 Å². The molecule has 2 N–H and O–H groups in total. The Balaban J connectivity index is 1.72. The number of aryl methyl sites for hydroxylation is 1. The molecule has 0 radical (unpaired) electrons. The fourth-order valence-electron chi connectivity index (χ4n) is 1.80. The first kappa shape index (κ1) is 14.3. The van der Waals surface area contributed by atoms with Crippen LogP contribution in [0.2, 0.25) is 0 Å².